The van der Waals surface area contributed by atoms with Gasteiger partial charge in [-0.1, -0.05) is 24.3 Å². The van der Waals surface area contributed by atoms with Crippen LogP contribution in [-0.2, 0) is 16.0 Å². The van der Waals surface area contributed by atoms with Gasteiger partial charge in [0.05, 0.1) is 34.1 Å². The number of Topliss-reactive ketones (excluding diaryl/α,β-unsaturated/α-hetero) is 1. The summed E-state index contributed by atoms with van der Waals surface area (Å²) in [5.74, 6) is -2.03. The van der Waals surface area contributed by atoms with E-state index < -0.39 is 33.3 Å². The largest absolute Gasteiger partial charge is 0.507 e. The number of amides is 1. The number of ketones is 1. The number of non-ortho nitro benzene ring substituents is 1. The van der Waals surface area contributed by atoms with Crippen LogP contribution in [0.5, 0.6) is 5.75 Å². The number of para-hydroxylation sites is 1. The molecular weight excluding hydrogens is 520 g/mol. The van der Waals surface area contributed by atoms with Crippen LogP contribution < -0.4 is 4.74 Å². The summed E-state index contributed by atoms with van der Waals surface area (Å²) in [6, 6.07) is 14.8. The molecule has 1 aliphatic rings. The van der Waals surface area contributed by atoms with Crippen LogP contribution in [0.3, 0.4) is 0 Å². The number of H-pyrrole nitrogens is 1. The zero-order chi connectivity index (χ0) is 28.6. The van der Waals surface area contributed by atoms with Crippen LogP contribution >= 0.6 is 0 Å². The third kappa shape index (κ3) is 4.51. The Morgan fingerprint density at radius 3 is 2.52 bits per heavy atom. The third-order valence-electron chi connectivity index (χ3n) is 6.90. The monoisotopic (exact) mass is 542 g/mol. The molecular formula is C28H22N4O8. The molecule has 5 rings (SSSR count). The van der Waals surface area contributed by atoms with Gasteiger partial charge in [0.25, 0.3) is 23.1 Å². The predicted octanol–water partition coefficient (Wildman–Crippen LogP) is 4.66. The fourth-order valence-electron chi connectivity index (χ4n) is 4.97. The Labute approximate surface area is 226 Å². The van der Waals surface area contributed by atoms with Crippen LogP contribution in [-0.4, -0.2) is 50.2 Å². The van der Waals surface area contributed by atoms with E-state index in [1.54, 1.807) is 19.4 Å². The molecule has 1 aliphatic heterocycles. The zero-order valence-electron chi connectivity index (χ0n) is 21.1. The molecule has 3 aromatic carbocycles. The van der Waals surface area contributed by atoms with Gasteiger partial charge in [-0.15, -0.1) is 0 Å². The number of aromatic amines is 1. The van der Waals surface area contributed by atoms with E-state index in [1.165, 1.54) is 47.4 Å². The van der Waals surface area contributed by atoms with E-state index in [4.69, 9.17) is 4.74 Å². The summed E-state index contributed by atoms with van der Waals surface area (Å²) >= 11 is 0. The van der Waals surface area contributed by atoms with Crippen molar-refractivity contribution in [3.05, 3.63) is 115 Å². The van der Waals surface area contributed by atoms with Crippen molar-refractivity contribution in [3.63, 3.8) is 0 Å². The molecule has 1 unspecified atom stereocenters. The minimum absolute atomic E-state index is 0.0167. The number of likely N-dealkylation sites (tertiary alicyclic amines) is 1. The molecule has 1 aromatic heterocycles. The molecule has 202 valence electrons. The topological polar surface area (TPSA) is 169 Å². The third-order valence-corrected chi connectivity index (χ3v) is 6.90. The van der Waals surface area contributed by atoms with E-state index in [1.807, 2.05) is 12.1 Å². The molecule has 1 atom stereocenters. The van der Waals surface area contributed by atoms with Gasteiger partial charge in [-0.25, -0.2) is 0 Å². The standard InChI is InChI=1S/C28H22N4O8/c1-40-19-9-10-22-21(14-19)17(15-29-22)11-12-30-25(20-7-2-3-8-23(20)32(38)39)24(27(34)28(30)35)26(33)16-5-4-6-18(13-16)31(36)37/h2-10,13-15,25,29,33H,11-12H2,1H3/b26-24-. The Bertz CT molecular complexity index is 1720. The number of methoxy groups -OCH3 is 1. The number of nitrogens with zero attached hydrogens (tertiary/aromatic N) is 3. The van der Waals surface area contributed by atoms with Crippen LogP contribution in [0.2, 0.25) is 0 Å². The molecule has 4 aromatic rings. The number of aliphatic hydroxyl groups is 1. The number of rotatable bonds is 8. The van der Waals surface area contributed by atoms with Crippen LogP contribution in [0.25, 0.3) is 16.7 Å². The minimum atomic E-state index is -1.30. The summed E-state index contributed by atoms with van der Waals surface area (Å²) in [4.78, 5) is 52.9. The fourth-order valence-corrected chi connectivity index (χ4v) is 4.97. The molecule has 1 amide bonds. The van der Waals surface area contributed by atoms with Crippen molar-refractivity contribution in [2.75, 3.05) is 13.7 Å². The maximum atomic E-state index is 13.3. The van der Waals surface area contributed by atoms with Gasteiger partial charge in [-0.2, -0.15) is 0 Å². The van der Waals surface area contributed by atoms with E-state index in [2.05, 4.69) is 4.98 Å². The van der Waals surface area contributed by atoms with Crippen molar-refractivity contribution in [3.8, 4) is 5.75 Å². The van der Waals surface area contributed by atoms with Gasteiger partial charge < -0.3 is 19.7 Å². The smallest absolute Gasteiger partial charge is 0.295 e. The van der Waals surface area contributed by atoms with Crippen molar-refractivity contribution in [2.45, 2.75) is 12.5 Å². The van der Waals surface area contributed by atoms with Gasteiger partial charge in [0.2, 0.25) is 0 Å². The second kappa shape index (κ2) is 10.3. The van der Waals surface area contributed by atoms with Gasteiger partial charge in [-0.3, -0.25) is 29.8 Å². The fraction of sp³-hybridized carbons (Fsp3) is 0.143. The van der Waals surface area contributed by atoms with Crippen LogP contribution in [0.1, 0.15) is 22.7 Å². The van der Waals surface area contributed by atoms with E-state index >= 15 is 0 Å². The molecule has 0 saturated carbocycles. The Hall–Kier alpha value is -5.52. The average molecular weight is 543 g/mol. The van der Waals surface area contributed by atoms with Gasteiger partial charge in [0.15, 0.2) is 0 Å². The lowest BCUT2D eigenvalue weighted by Gasteiger charge is -2.25. The highest BCUT2D eigenvalue weighted by Crippen LogP contribution is 2.43. The first-order chi connectivity index (χ1) is 19.2. The molecule has 2 heterocycles. The Morgan fingerprint density at radius 2 is 1.80 bits per heavy atom. The van der Waals surface area contributed by atoms with Crippen molar-refractivity contribution >= 4 is 39.7 Å². The molecule has 0 aliphatic carbocycles. The van der Waals surface area contributed by atoms with E-state index in [9.17, 15) is 34.9 Å². The lowest BCUT2D eigenvalue weighted by Crippen LogP contribution is -2.32. The molecule has 40 heavy (non-hydrogen) atoms. The van der Waals surface area contributed by atoms with E-state index in [-0.39, 0.29) is 41.0 Å². The highest BCUT2D eigenvalue weighted by Gasteiger charge is 2.48. The second-order valence-electron chi connectivity index (χ2n) is 9.09. The average Bonchev–Trinajstić information content (AvgIpc) is 3.48. The van der Waals surface area contributed by atoms with E-state index in [0.29, 0.717) is 5.75 Å². The van der Waals surface area contributed by atoms with Gasteiger partial charge >= 0.3 is 0 Å². The molecule has 12 nitrogen and oxygen atoms in total. The summed E-state index contributed by atoms with van der Waals surface area (Å²) in [6.07, 6.45) is 2.04. The maximum absolute atomic E-state index is 13.3. The minimum Gasteiger partial charge on any atom is -0.507 e. The summed E-state index contributed by atoms with van der Waals surface area (Å²) < 4.78 is 5.31. The molecule has 2 N–H and O–H groups in total. The van der Waals surface area contributed by atoms with Crippen molar-refractivity contribution in [1.82, 2.24) is 9.88 Å². The van der Waals surface area contributed by atoms with E-state index in [0.717, 1.165) is 22.5 Å². The second-order valence-corrected chi connectivity index (χ2v) is 9.09. The Kier molecular flexibility index (Phi) is 6.74. The number of aromatic nitrogens is 1. The summed E-state index contributed by atoms with van der Waals surface area (Å²) in [6.45, 7) is -0.0167. The number of nitrogens with one attached hydrogen (secondary N) is 1. The first-order valence-corrected chi connectivity index (χ1v) is 12.1. The lowest BCUT2D eigenvalue weighted by molar-refractivity contribution is -0.385. The van der Waals surface area contributed by atoms with Gasteiger partial charge in [-0.05, 0) is 36.2 Å². The predicted molar refractivity (Wildman–Crippen MR) is 144 cm³/mol. The molecule has 1 saturated heterocycles. The maximum Gasteiger partial charge on any atom is 0.295 e. The van der Waals surface area contributed by atoms with Gasteiger partial charge in [0.1, 0.15) is 11.5 Å². The highest BCUT2D eigenvalue weighted by molar-refractivity contribution is 6.46. The number of fused-ring (bicyclic) bond motifs is 1. The number of hydrogen-bond donors (Lipinski definition) is 2. The van der Waals surface area contributed by atoms with Crippen LogP contribution in [0, 0.1) is 20.2 Å². The quantitative estimate of drug-likeness (QED) is 0.106. The van der Waals surface area contributed by atoms with Crippen molar-refractivity contribution in [2.24, 2.45) is 0 Å². The number of nitro groups is 2. The number of nitro benzene ring substituents is 2. The number of hydrogen-bond acceptors (Lipinski definition) is 8. The first kappa shape index (κ1) is 26.1. The number of carbonyl (C=O) groups excluding carboxylic acids is 2. The summed E-state index contributed by atoms with van der Waals surface area (Å²) in [7, 11) is 1.54. The van der Waals surface area contributed by atoms with Gasteiger partial charge in [0, 0.05) is 47.4 Å². The molecule has 0 bridgehead atoms. The van der Waals surface area contributed by atoms with Crippen LogP contribution in [0.4, 0.5) is 11.4 Å². The molecule has 1 fully saturated rings. The lowest BCUT2D eigenvalue weighted by atomic mass is 9.94. The Balaban J connectivity index is 1.62. The highest BCUT2D eigenvalue weighted by atomic mass is 16.6. The number of ether oxygens (including phenoxy) is 1. The number of benzene rings is 3. The number of carbonyl (C=O) groups is 2. The normalized spacial score (nSPS) is 16.4. The molecule has 0 spiro atoms. The Morgan fingerprint density at radius 1 is 1.02 bits per heavy atom. The van der Waals surface area contributed by atoms with Crippen molar-refractivity contribution < 1.29 is 29.3 Å². The first-order valence-electron chi connectivity index (χ1n) is 12.1. The van der Waals surface area contributed by atoms with Crippen molar-refractivity contribution in [1.29, 1.82) is 0 Å². The summed E-state index contributed by atoms with van der Waals surface area (Å²) in [5.41, 5.74) is 0.533. The summed E-state index contributed by atoms with van der Waals surface area (Å²) in [5, 5.41) is 35.3. The SMILES string of the molecule is COc1ccc2[nH]cc(CCN3C(=O)C(=O)/C(=C(\O)c4cccc([N+](=O)[O-])c4)C3c3ccccc3[N+](=O)[O-])c2c1. The van der Waals surface area contributed by atoms with Crippen LogP contribution in [0.15, 0.2) is 78.5 Å². The zero-order valence-corrected chi connectivity index (χ0v) is 21.1. The molecule has 12 heteroatoms. The molecule has 0 radical (unpaired) electrons. The number of aliphatic hydroxyl groups excluding tert-OH is 1.